The lowest BCUT2D eigenvalue weighted by molar-refractivity contribution is -0.119. The first-order valence-electron chi connectivity index (χ1n) is 15.4. The van der Waals surface area contributed by atoms with Gasteiger partial charge in [-0.3, -0.25) is 9.59 Å². The van der Waals surface area contributed by atoms with Crippen molar-refractivity contribution >= 4 is 23.2 Å². The van der Waals surface area contributed by atoms with Crippen molar-refractivity contribution in [2.45, 2.75) is 72.4 Å². The quantitative estimate of drug-likeness (QED) is 0.262. The summed E-state index contributed by atoms with van der Waals surface area (Å²) in [5, 5.41) is 0.314. The average molecular weight is 628 g/mol. The topological polar surface area (TPSA) is 55.8 Å². The molecule has 2 aliphatic carbocycles. The zero-order chi connectivity index (χ0) is 32.1. The van der Waals surface area contributed by atoms with Gasteiger partial charge in [0.2, 0.25) is 0 Å². The van der Waals surface area contributed by atoms with Crippen LogP contribution in [0.1, 0.15) is 76.0 Å². The van der Waals surface area contributed by atoms with E-state index >= 15 is 0 Å². The summed E-state index contributed by atoms with van der Waals surface area (Å²) in [6.07, 6.45) is 2.22. The Morgan fingerprint density at radius 1 is 0.822 bits per heavy atom. The molecule has 3 aromatic carbocycles. The summed E-state index contributed by atoms with van der Waals surface area (Å²) >= 11 is 6.90. The molecule has 5 nitrogen and oxygen atoms in total. The van der Waals surface area contributed by atoms with Crippen LogP contribution in [-0.4, -0.2) is 23.6 Å². The molecule has 1 aliphatic heterocycles. The number of Topliss-reactive ketones (excluding diaryl/α,β-unsaturated/α-hetero) is 2. The van der Waals surface area contributed by atoms with Crippen LogP contribution in [0.4, 0.5) is 4.39 Å². The van der Waals surface area contributed by atoms with Crippen molar-refractivity contribution in [3.8, 4) is 11.5 Å². The molecule has 3 aromatic rings. The molecule has 1 heterocycles. The number of hydrogen-bond acceptors (Lipinski definition) is 5. The number of nitrogens with zero attached hydrogens (tertiary/aromatic N) is 1. The third-order valence-electron chi connectivity index (χ3n) is 9.09. The molecule has 0 bridgehead atoms. The normalized spacial score (nSPS) is 19.4. The van der Waals surface area contributed by atoms with Gasteiger partial charge < -0.3 is 14.4 Å². The first-order valence-corrected chi connectivity index (χ1v) is 15.8. The Balaban J connectivity index is 1.50. The van der Waals surface area contributed by atoms with E-state index in [1.165, 1.54) is 12.1 Å². The van der Waals surface area contributed by atoms with Gasteiger partial charge in [-0.25, -0.2) is 4.39 Å². The van der Waals surface area contributed by atoms with Crippen LogP contribution in [0.25, 0.3) is 0 Å². The SMILES string of the molecule is COc1cc(C2C3=C(CC(C)(C)CC3=O)N(Cc3ccccc3)C3=C2C(=O)CC(C)(C)C3)cc(Cl)c1OCc1ccc(F)cc1. The third-order valence-corrected chi connectivity index (χ3v) is 9.37. The molecule has 0 saturated carbocycles. The Labute approximate surface area is 269 Å². The van der Waals surface area contributed by atoms with Crippen molar-refractivity contribution in [1.82, 2.24) is 4.90 Å². The average Bonchev–Trinajstić information content (AvgIpc) is 2.97. The number of carbonyl (C=O) groups excluding carboxylic acids is 2. The van der Waals surface area contributed by atoms with E-state index < -0.39 is 5.92 Å². The maximum absolute atomic E-state index is 14.2. The number of methoxy groups -OCH3 is 1. The maximum Gasteiger partial charge on any atom is 0.180 e. The molecule has 0 fully saturated rings. The van der Waals surface area contributed by atoms with E-state index in [4.69, 9.17) is 21.1 Å². The number of halogens is 2. The van der Waals surface area contributed by atoms with Crippen LogP contribution in [-0.2, 0) is 22.7 Å². The van der Waals surface area contributed by atoms with Crippen molar-refractivity contribution in [1.29, 1.82) is 0 Å². The minimum atomic E-state index is -0.563. The first kappa shape index (κ1) is 31.1. The highest BCUT2D eigenvalue weighted by Gasteiger charge is 2.49. The molecule has 6 rings (SSSR count). The highest BCUT2D eigenvalue weighted by molar-refractivity contribution is 6.32. The summed E-state index contributed by atoms with van der Waals surface area (Å²) in [5.74, 6) is -0.0171. The summed E-state index contributed by atoms with van der Waals surface area (Å²) in [6, 6.07) is 19.9. The van der Waals surface area contributed by atoms with E-state index in [-0.39, 0.29) is 34.8 Å². The Morgan fingerprint density at radius 2 is 1.40 bits per heavy atom. The van der Waals surface area contributed by atoms with Crippen LogP contribution in [0.5, 0.6) is 11.5 Å². The number of carbonyl (C=O) groups is 2. The van der Waals surface area contributed by atoms with Crippen LogP contribution in [0, 0.1) is 16.6 Å². The van der Waals surface area contributed by atoms with E-state index in [0.29, 0.717) is 59.9 Å². The maximum atomic E-state index is 14.2. The van der Waals surface area contributed by atoms with Gasteiger partial charge in [-0.15, -0.1) is 0 Å². The predicted octanol–water partition coefficient (Wildman–Crippen LogP) is 8.95. The second kappa shape index (κ2) is 11.8. The van der Waals surface area contributed by atoms with Gasteiger partial charge in [0.25, 0.3) is 0 Å². The van der Waals surface area contributed by atoms with Crippen LogP contribution >= 0.6 is 11.6 Å². The summed E-state index contributed by atoms with van der Waals surface area (Å²) in [6.45, 7) is 9.29. The number of ketones is 2. The minimum Gasteiger partial charge on any atom is -0.493 e. The summed E-state index contributed by atoms with van der Waals surface area (Å²) in [5.41, 5.74) is 5.50. The van der Waals surface area contributed by atoms with Gasteiger partial charge in [-0.05, 0) is 64.6 Å². The van der Waals surface area contributed by atoms with E-state index in [1.54, 1.807) is 25.3 Å². The van der Waals surface area contributed by atoms with Gasteiger partial charge in [0.1, 0.15) is 12.4 Å². The van der Waals surface area contributed by atoms with E-state index in [2.05, 4.69) is 44.7 Å². The van der Waals surface area contributed by atoms with Crippen molar-refractivity contribution in [3.05, 3.63) is 117 Å². The highest BCUT2D eigenvalue weighted by atomic mass is 35.5. The van der Waals surface area contributed by atoms with Crippen molar-refractivity contribution in [3.63, 3.8) is 0 Å². The molecular formula is C38H39ClFNO4. The second-order valence-electron chi connectivity index (χ2n) is 14.1. The molecule has 7 heteroatoms. The van der Waals surface area contributed by atoms with Gasteiger partial charge in [0.15, 0.2) is 23.1 Å². The zero-order valence-corrected chi connectivity index (χ0v) is 27.3. The predicted molar refractivity (Wildman–Crippen MR) is 174 cm³/mol. The van der Waals surface area contributed by atoms with Crippen LogP contribution in [0.2, 0.25) is 5.02 Å². The van der Waals surface area contributed by atoms with Crippen LogP contribution in [0.3, 0.4) is 0 Å². The fourth-order valence-electron chi connectivity index (χ4n) is 7.12. The standard InChI is InChI=1S/C38H39ClFNO4/c1-37(2)17-28-34(30(42)19-37)33(25-15-27(39)36(32(16-25)44-5)45-22-24-11-13-26(40)14-12-24)35-29(18-38(3,4)20-31(35)43)41(28)21-23-9-7-6-8-10-23/h6-16,33H,17-22H2,1-5H3. The zero-order valence-electron chi connectivity index (χ0n) is 26.5. The summed E-state index contributed by atoms with van der Waals surface area (Å²) in [4.78, 5) is 30.7. The molecule has 0 saturated heterocycles. The smallest absolute Gasteiger partial charge is 0.180 e. The van der Waals surface area contributed by atoms with Gasteiger partial charge >= 0.3 is 0 Å². The van der Waals surface area contributed by atoms with Gasteiger partial charge in [-0.1, -0.05) is 81.8 Å². The van der Waals surface area contributed by atoms with Crippen molar-refractivity contribution < 1.29 is 23.5 Å². The van der Waals surface area contributed by atoms with Crippen molar-refractivity contribution in [2.24, 2.45) is 10.8 Å². The fourth-order valence-corrected chi connectivity index (χ4v) is 7.39. The molecule has 0 N–H and O–H groups in total. The van der Waals surface area contributed by atoms with Gasteiger partial charge in [0, 0.05) is 47.8 Å². The lowest BCUT2D eigenvalue weighted by Gasteiger charge is -2.49. The number of allylic oxidation sites excluding steroid dienone is 4. The van der Waals surface area contributed by atoms with Gasteiger partial charge in [0.05, 0.1) is 12.1 Å². The number of hydrogen-bond donors (Lipinski definition) is 0. The molecule has 234 valence electrons. The van der Waals surface area contributed by atoms with Crippen LogP contribution in [0.15, 0.2) is 89.3 Å². The fraction of sp³-hybridized carbons (Fsp3) is 0.368. The largest absolute Gasteiger partial charge is 0.493 e. The van der Waals surface area contributed by atoms with E-state index in [9.17, 15) is 14.0 Å². The molecule has 0 spiro atoms. The minimum absolute atomic E-state index is 0.0558. The van der Waals surface area contributed by atoms with Crippen molar-refractivity contribution in [2.75, 3.05) is 7.11 Å². The Hall–Kier alpha value is -3.90. The Morgan fingerprint density at radius 3 is 1.96 bits per heavy atom. The highest BCUT2D eigenvalue weighted by Crippen LogP contribution is 2.55. The monoisotopic (exact) mass is 627 g/mol. The summed E-state index contributed by atoms with van der Waals surface area (Å²) < 4.78 is 25.3. The first-order chi connectivity index (χ1) is 21.4. The molecule has 0 amide bonds. The van der Waals surface area contributed by atoms with E-state index in [0.717, 1.165) is 28.1 Å². The second-order valence-corrected chi connectivity index (χ2v) is 14.5. The molecule has 0 atom stereocenters. The van der Waals surface area contributed by atoms with Crippen LogP contribution < -0.4 is 9.47 Å². The lowest BCUT2D eigenvalue weighted by atomic mass is 9.63. The molecule has 0 radical (unpaired) electrons. The molecule has 45 heavy (non-hydrogen) atoms. The summed E-state index contributed by atoms with van der Waals surface area (Å²) in [7, 11) is 1.54. The molecular weight excluding hydrogens is 589 g/mol. The Kier molecular flexibility index (Phi) is 8.15. The van der Waals surface area contributed by atoms with E-state index in [1.807, 2.05) is 24.3 Å². The molecule has 3 aliphatic rings. The third kappa shape index (κ3) is 6.17. The van der Waals surface area contributed by atoms with Gasteiger partial charge in [-0.2, -0.15) is 0 Å². The number of ether oxygens (including phenoxy) is 2. The molecule has 0 unspecified atom stereocenters. The lowest BCUT2D eigenvalue weighted by Crippen LogP contribution is -2.44. The molecule has 0 aromatic heterocycles. The number of benzene rings is 3. The number of rotatable bonds is 7. The Bertz CT molecular complexity index is 1670.